The minimum absolute atomic E-state index is 0.374. The molecular formula is C8H14O. The van der Waals surface area contributed by atoms with E-state index in [1.54, 1.807) is 0 Å². The monoisotopic (exact) mass is 126 g/mol. The molecule has 0 bridgehead atoms. The van der Waals surface area contributed by atoms with Gasteiger partial charge in [-0.25, -0.2) is 0 Å². The molecule has 0 saturated heterocycles. The van der Waals surface area contributed by atoms with E-state index in [9.17, 15) is 0 Å². The third-order valence-electron chi connectivity index (χ3n) is 1.58. The van der Waals surface area contributed by atoms with Crippen LogP contribution in [0.15, 0.2) is 12.2 Å². The molecule has 0 aromatic heterocycles. The Kier molecular flexibility index (Phi) is 2.29. The summed E-state index contributed by atoms with van der Waals surface area (Å²) in [7, 11) is 0. The number of ether oxygens (including phenoxy) is 1. The summed E-state index contributed by atoms with van der Waals surface area (Å²) in [6.07, 6.45) is 5.82. The molecule has 0 spiro atoms. The van der Waals surface area contributed by atoms with Crippen LogP contribution >= 0.6 is 0 Å². The predicted molar refractivity (Wildman–Crippen MR) is 38.3 cm³/mol. The maximum Gasteiger partial charge on any atom is 0.0778 e. The van der Waals surface area contributed by atoms with E-state index in [-0.39, 0.29) is 0 Å². The highest BCUT2D eigenvalue weighted by Crippen LogP contribution is 2.12. The van der Waals surface area contributed by atoms with Gasteiger partial charge in [0, 0.05) is 0 Å². The zero-order valence-corrected chi connectivity index (χ0v) is 6.13. The van der Waals surface area contributed by atoms with Crippen LogP contribution in [0.1, 0.15) is 20.3 Å². The minimum Gasteiger partial charge on any atom is -0.374 e. The zero-order chi connectivity index (χ0) is 6.69. The number of hydrogen-bond acceptors (Lipinski definition) is 1. The van der Waals surface area contributed by atoms with Crippen molar-refractivity contribution in [3.05, 3.63) is 12.2 Å². The highest BCUT2D eigenvalue weighted by molar-refractivity contribution is 4.94. The van der Waals surface area contributed by atoms with Crippen molar-refractivity contribution in [3.8, 4) is 0 Å². The lowest BCUT2D eigenvalue weighted by atomic mass is 10.1. The maximum atomic E-state index is 5.45. The van der Waals surface area contributed by atoms with Crippen LogP contribution < -0.4 is 0 Å². The topological polar surface area (TPSA) is 9.23 Å². The molecule has 1 heteroatoms. The first kappa shape index (κ1) is 6.81. The molecule has 0 amide bonds. The molecule has 1 atom stereocenters. The van der Waals surface area contributed by atoms with Gasteiger partial charge in [-0.2, -0.15) is 0 Å². The first-order valence-electron chi connectivity index (χ1n) is 3.59. The van der Waals surface area contributed by atoms with Crippen molar-refractivity contribution >= 4 is 0 Å². The Morgan fingerprint density at radius 3 is 2.67 bits per heavy atom. The summed E-state index contributed by atoms with van der Waals surface area (Å²) in [6, 6.07) is 0. The molecule has 1 nitrogen and oxygen atoms in total. The van der Waals surface area contributed by atoms with Gasteiger partial charge < -0.3 is 4.74 Å². The molecule has 52 valence electrons. The van der Waals surface area contributed by atoms with Crippen LogP contribution in [0.4, 0.5) is 0 Å². The fourth-order valence-electron chi connectivity index (χ4n) is 0.973. The molecule has 1 aliphatic rings. The summed E-state index contributed by atoms with van der Waals surface area (Å²) < 4.78 is 5.45. The Balaban J connectivity index is 2.40. The van der Waals surface area contributed by atoms with Crippen LogP contribution in [0.5, 0.6) is 0 Å². The standard InChI is InChI=1S/C8H14O/c1-7(2)8-5-3-4-6-9-8/h3,5,7-8H,4,6H2,1-2H3. The largest absolute Gasteiger partial charge is 0.374 e. The first-order chi connectivity index (χ1) is 4.30. The summed E-state index contributed by atoms with van der Waals surface area (Å²) >= 11 is 0. The van der Waals surface area contributed by atoms with E-state index in [4.69, 9.17) is 4.74 Å². The van der Waals surface area contributed by atoms with Gasteiger partial charge in [-0.15, -0.1) is 0 Å². The average Bonchev–Trinajstić information content (AvgIpc) is 1.90. The van der Waals surface area contributed by atoms with Gasteiger partial charge in [-0.05, 0) is 12.3 Å². The molecule has 1 heterocycles. The average molecular weight is 126 g/mol. The van der Waals surface area contributed by atoms with Crippen molar-refractivity contribution in [3.63, 3.8) is 0 Å². The summed E-state index contributed by atoms with van der Waals surface area (Å²) in [5.41, 5.74) is 0. The normalized spacial score (nSPS) is 27.2. The Bertz CT molecular complexity index is 105. The minimum atomic E-state index is 0.374. The molecule has 1 unspecified atom stereocenters. The lowest BCUT2D eigenvalue weighted by molar-refractivity contribution is 0.0501. The molecule has 0 saturated carbocycles. The van der Waals surface area contributed by atoms with Crippen LogP contribution in [0.2, 0.25) is 0 Å². The molecule has 1 aliphatic heterocycles. The molecule has 9 heavy (non-hydrogen) atoms. The van der Waals surface area contributed by atoms with Gasteiger partial charge in [-0.3, -0.25) is 0 Å². The Labute approximate surface area is 56.7 Å². The van der Waals surface area contributed by atoms with Crippen molar-refractivity contribution in [1.29, 1.82) is 0 Å². The Morgan fingerprint density at radius 2 is 2.33 bits per heavy atom. The third kappa shape index (κ3) is 1.83. The smallest absolute Gasteiger partial charge is 0.0778 e. The highest BCUT2D eigenvalue weighted by atomic mass is 16.5. The summed E-state index contributed by atoms with van der Waals surface area (Å²) in [6.45, 7) is 5.26. The second-order valence-corrected chi connectivity index (χ2v) is 2.80. The van der Waals surface area contributed by atoms with Gasteiger partial charge in [0.2, 0.25) is 0 Å². The van der Waals surface area contributed by atoms with Crippen LogP contribution in [-0.4, -0.2) is 12.7 Å². The predicted octanol–water partition coefficient (Wildman–Crippen LogP) is 1.99. The number of rotatable bonds is 1. The zero-order valence-electron chi connectivity index (χ0n) is 6.13. The van der Waals surface area contributed by atoms with Gasteiger partial charge in [0.05, 0.1) is 12.7 Å². The molecule has 0 radical (unpaired) electrons. The molecule has 0 aromatic rings. The van der Waals surface area contributed by atoms with E-state index in [1.807, 2.05) is 0 Å². The van der Waals surface area contributed by atoms with Crippen LogP contribution in [0, 0.1) is 5.92 Å². The maximum absolute atomic E-state index is 5.45. The third-order valence-corrected chi connectivity index (χ3v) is 1.58. The van der Waals surface area contributed by atoms with Gasteiger partial charge >= 0.3 is 0 Å². The molecule has 0 fully saturated rings. The lowest BCUT2D eigenvalue weighted by Crippen LogP contribution is -2.20. The molecular weight excluding hydrogens is 112 g/mol. The van der Waals surface area contributed by atoms with E-state index < -0.39 is 0 Å². The first-order valence-corrected chi connectivity index (χ1v) is 3.59. The van der Waals surface area contributed by atoms with Crippen molar-refractivity contribution < 1.29 is 4.74 Å². The SMILES string of the molecule is CC(C)C1C=CCCO1. The van der Waals surface area contributed by atoms with Crippen LogP contribution in [0.25, 0.3) is 0 Å². The fourth-order valence-corrected chi connectivity index (χ4v) is 0.973. The summed E-state index contributed by atoms with van der Waals surface area (Å²) in [5.74, 6) is 0.626. The second-order valence-electron chi connectivity index (χ2n) is 2.80. The van der Waals surface area contributed by atoms with Crippen molar-refractivity contribution in [2.45, 2.75) is 26.4 Å². The Morgan fingerprint density at radius 1 is 1.56 bits per heavy atom. The van der Waals surface area contributed by atoms with Crippen molar-refractivity contribution in [1.82, 2.24) is 0 Å². The molecule has 0 aromatic carbocycles. The second kappa shape index (κ2) is 3.02. The van der Waals surface area contributed by atoms with Crippen LogP contribution in [0.3, 0.4) is 0 Å². The fraction of sp³-hybridized carbons (Fsp3) is 0.750. The molecule has 0 N–H and O–H groups in total. The van der Waals surface area contributed by atoms with Crippen molar-refractivity contribution in [2.24, 2.45) is 5.92 Å². The van der Waals surface area contributed by atoms with E-state index in [2.05, 4.69) is 26.0 Å². The summed E-state index contributed by atoms with van der Waals surface area (Å²) in [4.78, 5) is 0. The van der Waals surface area contributed by atoms with Gasteiger partial charge in [-0.1, -0.05) is 26.0 Å². The molecule has 0 aliphatic carbocycles. The van der Waals surface area contributed by atoms with E-state index >= 15 is 0 Å². The lowest BCUT2D eigenvalue weighted by Gasteiger charge is -2.20. The van der Waals surface area contributed by atoms with E-state index in [1.165, 1.54) is 0 Å². The molecule has 1 rings (SSSR count). The summed E-state index contributed by atoms with van der Waals surface area (Å²) in [5, 5.41) is 0. The van der Waals surface area contributed by atoms with Crippen molar-refractivity contribution in [2.75, 3.05) is 6.61 Å². The highest BCUT2D eigenvalue weighted by Gasteiger charge is 2.11. The number of hydrogen-bond donors (Lipinski definition) is 0. The van der Waals surface area contributed by atoms with E-state index in [0.29, 0.717) is 12.0 Å². The van der Waals surface area contributed by atoms with E-state index in [0.717, 1.165) is 13.0 Å². The Hall–Kier alpha value is -0.300. The quantitative estimate of drug-likeness (QED) is 0.488. The van der Waals surface area contributed by atoms with Gasteiger partial charge in [0.1, 0.15) is 0 Å². The van der Waals surface area contributed by atoms with Gasteiger partial charge in [0.25, 0.3) is 0 Å². The van der Waals surface area contributed by atoms with Crippen LogP contribution in [-0.2, 0) is 4.74 Å². The van der Waals surface area contributed by atoms with Gasteiger partial charge in [0.15, 0.2) is 0 Å².